The quantitative estimate of drug-likeness (QED) is 0.235. The molecular weight excluding hydrogens is 307 g/mol. The molecule has 0 aliphatic rings. The van der Waals surface area contributed by atoms with Crippen molar-refractivity contribution < 1.29 is 22.8 Å². The predicted octanol–water partition coefficient (Wildman–Crippen LogP) is 3.46. The van der Waals surface area contributed by atoms with Gasteiger partial charge in [-0.25, -0.2) is 0 Å². The minimum atomic E-state index is -3.32. The average Bonchev–Trinajstić information content (AvgIpc) is 2.36. The fourth-order valence-electron chi connectivity index (χ4n) is 1.15. The van der Waals surface area contributed by atoms with Crippen LogP contribution >= 0.6 is 7.60 Å². The normalized spacial score (nSPS) is 12.7. The van der Waals surface area contributed by atoms with Crippen molar-refractivity contribution in [1.82, 2.24) is 0 Å². The van der Waals surface area contributed by atoms with Crippen molar-refractivity contribution in [2.75, 3.05) is 27.0 Å². The van der Waals surface area contributed by atoms with Crippen molar-refractivity contribution in [3.05, 3.63) is 0 Å². The summed E-state index contributed by atoms with van der Waals surface area (Å²) in [5.74, 6) is 4.74. The van der Waals surface area contributed by atoms with Crippen LogP contribution in [0.4, 0.5) is 0 Å². The predicted molar refractivity (Wildman–Crippen MR) is 87.0 cm³/mol. The van der Waals surface area contributed by atoms with E-state index in [1.54, 1.807) is 0 Å². The summed E-state index contributed by atoms with van der Waals surface area (Å²) in [6.45, 7) is 11.3. The van der Waals surface area contributed by atoms with Gasteiger partial charge in [-0.1, -0.05) is 26.7 Å². The molecule has 0 aromatic carbocycles. The van der Waals surface area contributed by atoms with Crippen LogP contribution in [0.3, 0.4) is 0 Å². The van der Waals surface area contributed by atoms with E-state index in [0.717, 1.165) is 0 Å². The topological polar surface area (TPSA) is 61.8 Å². The number of hydrogen-bond donors (Lipinski definition) is 0. The van der Waals surface area contributed by atoms with E-state index in [1.165, 1.54) is 14.2 Å². The molecule has 0 unspecified atom stereocenters. The van der Waals surface area contributed by atoms with Crippen LogP contribution in [0.1, 0.15) is 27.2 Å². The second-order valence-corrected chi connectivity index (χ2v) is 13.3. The molecule has 0 aliphatic carbocycles. The first-order valence-corrected chi connectivity index (χ1v) is 11.5. The van der Waals surface area contributed by atoms with Crippen molar-refractivity contribution in [2.24, 2.45) is 0 Å². The van der Waals surface area contributed by atoms with Gasteiger partial charge in [-0.15, -0.1) is 0 Å². The third-order valence-electron chi connectivity index (χ3n) is 3.62. The van der Waals surface area contributed by atoms with Gasteiger partial charge in [-0.05, 0) is 24.1 Å². The summed E-state index contributed by atoms with van der Waals surface area (Å²) < 4.78 is 27.1. The Morgan fingerprint density at radius 1 is 1.19 bits per heavy atom. The highest BCUT2D eigenvalue weighted by Crippen LogP contribution is 2.45. The van der Waals surface area contributed by atoms with E-state index in [-0.39, 0.29) is 11.2 Å². The second-order valence-electron chi connectivity index (χ2n) is 6.22. The van der Waals surface area contributed by atoms with E-state index in [2.05, 4.69) is 45.7 Å². The van der Waals surface area contributed by atoms with Gasteiger partial charge in [-0.3, -0.25) is 9.36 Å². The molecule has 0 saturated heterocycles. The van der Waals surface area contributed by atoms with Gasteiger partial charge in [0.2, 0.25) is 5.78 Å². The van der Waals surface area contributed by atoms with Crippen LogP contribution in [0.25, 0.3) is 0 Å². The molecule has 7 heteroatoms. The lowest BCUT2D eigenvalue weighted by Gasteiger charge is -2.35. The van der Waals surface area contributed by atoms with Gasteiger partial charge in [0.05, 0.1) is 0 Å². The molecule has 122 valence electrons. The van der Waals surface area contributed by atoms with Gasteiger partial charge in [0.25, 0.3) is 0 Å². The Labute approximate surface area is 129 Å². The maximum absolute atomic E-state index is 11.7. The van der Waals surface area contributed by atoms with Crippen LogP contribution in [0.5, 0.6) is 0 Å². The molecule has 0 heterocycles. The zero-order valence-corrected chi connectivity index (χ0v) is 16.0. The van der Waals surface area contributed by atoms with Crippen molar-refractivity contribution in [3.8, 4) is 11.8 Å². The minimum absolute atomic E-state index is 0.153. The smallest absolute Gasteiger partial charge is 0.338 e. The lowest BCUT2D eigenvalue weighted by Crippen LogP contribution is -2.40. The summed E-state index contributed by atoms with van der Waals surface area (Å²) in [4.78, 5) is 11.6. The number of rotatable bonds is 7. The number of Topliss-reactive ketones (excluding diaryl/α,β-unsaturated/α-hetero) is 1. The van der Waals surface area contributed by atoms with Crippen LogP contribution in [0, 0.1) is 11.8 Å². The van der Waals surface area contributed by atoms with Crippen molar-refractivity contribution in [1.29, 1.82) is 0 Å². The average molecular weight is 334 g/mol. The van der Waals surface area contributed by atoms with Gasteiger partial charge in [0.1, 0.15) is 6.16 Å². The molecule has 0 radical (unpaired) electrons. The van der Waals surface area contributed by atoms with Crippen LogP contribution in [0.15, 0.2) is 0 Å². The molecule has 0 fully saturated rings. The lowest BCUT2D eigenvalue weighted by molar-refractivity contribution is -0.111. The Morgan fingerprint density at radius 3 is 2.14 bits per heavy atom. The molecule has 0 saturated carbocycles. The Hall–Kier alpha value is -0.443. The van der Waals surface area contributed by atoms with E-state index < -0.39 is 21.7 Å². The first-order chi connectivity index (χ1) is 9.47. The van der Waals surface area contributed by atoms with Gasteiger partial charge in [-0.2, -0.15) is 0 Å². The van der Waals surface area contributed by atoms with E-state index in [9.17, 15) is 9.36 Å². The molecule has 0 aliphatic heterocycles. The molecule has 0 aromatic rings. The fourth-order valence-corrected chi connectivity index (χ4v) is 3.04. The number of ketones is 1. The van der Waals surface area contributed by atoms with Crippen molar-refractivity contribution in [2.45, 2.75) is 45.3 Å². The molecule has 5 nitrogen and oxygen atoms in total. The maximum Gasteiger partial charge on any atom is 0.338 e. The van der Waals surface area contributed by atoms with E-state index in [1.807, 2.05) is 0 Å². The first-order valence-electron chi connectivity index (χ1n) is 6.83. The van der Waals surface area contributed by atoms with Crippen molar-refractivity contribution >= 4 is 21.7 Å². The molecule has 0 rings (SSSR count). The largest absolute Gasteiger partial charge is 0.416 e. The van der Waals surface area contributed by atoms with Crippen LogP contribution < -0.4 is 0 Å². The Morgan fingerprint density at radius 2 is 1.71 bits per heavy atom. The number of hydrogen-bond acceptors (Lipinski definition) is 5. The highest BCUT2D eigenvalue weighted by molar-refractivity contribution is 7.54. The van der Waals surface area contributed by atoms with Gasteiger partial charge in [0.15, 0.2) is 8.32 Å². The lowest BCUT2D eigenvalue weighted by atomic mass is 10.2. The summed E-state index contributed by atoms with van der Waals surface area (Å²) in [5.41, 5.74) is 0. The zero-order chi connectivity index (χ0) is 16.7. The third-order valence-corrected chi connectivity index (χ3v) is 9.94. The monoisotopic (exact) mass is 334 g/mol. The SMILES string of the molecule is COP(=O)(CC(=O)C#CCCO[Si](C)(C)C(C)(C)C)OC. The molecule has 21 heavy (non-hydrogen) atoms. The zero-order valence-electron chi connectivity index (χ0n) is 14.1. The molecule has 0 bridgehead atoms. The molecule has 0 atom stereocenters. The van der Waals surface area contributed by atoms with Gasteiger partial charge in [0, 0.05) is 27.2 Å². The summed E-state index contributed by atoms with van der Waals surface area (Å²) in [6.07, 6.45) is 0.151. The minimum Gasteiger partial charge on any atom is -0.416 e. The molecule has 0 amide bonds. The Balaban J connectivity index is 4.28. The van der Waals surface area contributed by atoms with E-state index in [4.69, 9.17) is 13.5 Å². The summed E-state index contributed by atoms with van der Waals surface area (Å²) >= 11 is 0. The summed E-state index contributed by atoms with van der Waals surface area (Å²) in [7, 11) is -2.59. The highest BCUT2D eigenvalue weighted by atomic mass is 31.2. The molecule has 0 N–H and O–H groups in total. The van der Waals surface area contributed by atoms with Crippen molar-refractivity contribution in [3.63, 3.8) is 0 Å². The van der Waals surface area contributed by atoms with Crippen LogP contribution in [-0.4, -0.2) is 41.1 Å². The number of carbonyl (C=O) groups is 1. The van der Waals surface area contributed by atoms with Crippen LogP contribution in [-0.2, 0) is 22.8 Å². The Bertz CT molecular complexity index is 448. The maximum atomic E-state index is 11.7. The molecule has 0 spiro atoms. The number of carbonyl (C=O) groups excluding carboxylic acids is 1. The summed E-state index contributed by atoms with van der Waals surface area (Å²) in [5, 5.41) is 0.153. The standard InChI is InChI=1S/C14H27O5PSi/c1-14(2,3)21(6,7)19-11-9-8-10-13(15)12-20(16,17-4)18-5/h9,11-12H2,1-7H3. The Kier molecular flexibility index (Phi) is 8.08. The van der Waals surface area contributed by atoms with E-state index in [0.29, 0.717) is 13.0 Å². The van der Waals surface area contributed by atoms with E-state index >= 15 is 0 Å². The highest BCUT2D eigenvalue weighted by Gasteiger charge is 2.36. The molecular formula is C14H27O5PSi. The molecule has 0 aromatic heterocycles. The first kappa shape index (κ1) is 20.6. The van der Waals surface area contributed by atoms with Gasteiger partial charge >= 0.3 is 7.60 Å². The van der Waals surface area contributed by atoms with Gasteiger partial charge < -0.3 is 13.5 Å². The van der Waals surface area contributed by atoms with Crippen LogP contribution in [0.2, 0.25) is 18.1 Å². The fraction of sp³-hybridized carbons (Fsp3) is 0.786. The summed E-state index contributed by atoms with van der Waals surface area (Å²) in [6, 6.07) is 0. The second kappa shape index (κ2) is 8.26. The third kappa shape index (κ3) is 7.39.